The summed E-state index contributed by atoms with van der Waals surface area (Å²) in [5.41, 5.74) is 6.22. The fourth-order valence-corrected chi connectivity index (χ4v) is 3.71. The van der Waals surface area contributed by atoms with Gasteiger partial charge in [-0.05, 0) is 53.1 Å². The molecule has 2 aromatic rings. The summed E-state index contributed by atoms with van der Waals surface area (Å²) < 4.78 is 0. The van der Waals surface area contributed by atoms with E-state index in [0.29, 0.717) is 0 Å². The molecule has 29 heavy (non-hydrogen) atoms. The lowest BCUT2D eigenvalue weighted by Crippen LogP contribution is -2.49. The van der Waals surface area contributed by atoms with Gasteiger partial charge in [0, 0.05) is 37.4 Å². The minimum Gasteiger partial charge on any atom is -0.368 e. The van der Waals surface area contributed by atoms with Crippen LogP contribution in [-0.2, 0) is 10.8 Å². The van der Waals surface area contributed by atoms with Gasteiger partial charge in [0.05, 0.1) is 0 Å². The standard InChI is InChI=1S/C26H36N2O/c1-19-8-10-20(11-9-19)24(29)28-14-12-27(13-15-28)23-17-21(25(2,3)4)16-22(18-23)26(5,6)7/h8-11,16-18H,12-15H2,1-7H3. The van der Waals surface area contributed by atoms with E-state index in [1.165, 1.54) is 22.4 Å². The Morgan fingerprint density at radius 1 is 0.759 bits per heavy atom. The lowest BCUT2D eigenvalue weighted by molar-refractivity contribution is 0.0747. The number of aryl methyl sites for hydroxylation is 1. The number of carbonyl (C=O) groups is 1. The monoisotopic (exact) mass is 392 g/mol. The first-order chi connectivity index (χ1) is 13.4. The zero-order chi connectivity index (χ0) is 21.4. The molecule has 2 aromatic carbocycles. The molecule has 0 unspecified atom stereocenters. The molecule has 1 saturated heterocycles. The maximum Gasteiger partial charge on any atom is 0.253 e. The highest BCUT2D eigenvalue weighted by atomic mass is 16.2. The number of piperazine rings is 1. The summed E-state index contributed by atoms with van der Waals surface area (Å²) in [5.74, 6) is 0.142. The number of rotatable bonds is 2. The van der Waals surface area contributed by atoms with Gasteiger partial charge in [0.25, 0.3) is 5.91 Å². The molecule has 1 aliphatic rings. The zero-order valence-electron chi connectivity index (χ0n) is 19.2. The van der Waals surface area contributed by atoms with Crippen LogP contribution in [0.2, 0.25) is 0 Å². The molecule has 1 aliphatic heterocycles. The van der Waals surface area contributed by atoms with Crippen molar-refractivity contribution in [3.8, 4) is 0 Å². The molecule has 156 valence electrons. The van der Waals surface area contributed by atoms with Crippen LogP contribution in [0, 0.1) is 6.92 Å². The van der Waals surface area contributed by atoms with Gasteiger partial charge in [0.15, 0.2) is 0 Å². The van der Waals surface area contributed by atoms with Crippen LogP contribution in [-0.4, -0.2) is 37.0 Å². The average molecular weight is 393 g/mol. The average Bonchev–Trinajstić information content (AvgIpc) is 2.66. The molecule has 0 atom stereocenters. The topological polar surface area (TPSA) is 23.6 Å². The molecule has 0 bridgehead atoms. The molecule has 0 radical (unpaired) electrons. The maximum absolute atomic E-state index is 12.8. The van der Waals surface area contributed by atoms with Crippen LogP contribution in [0.5, 0.6) is 0 Å². The van der Waals surface area contributed by atoms with Crippen molar-refractivity contribution < 1.29 is 4.79 Å². The molecule has 3 heteroatoms. The van der Waals surface area contributed by atoms with Crippen molar-refractivity contribution >= 4 is 11.6 Å². The van der Waals surface area contributed by atoms with E-state index in [-0.39, 0.29) is 16.7 Å². The largest absolute Gasteiger partial charge is 0.368 e. The third-order valence-electron chi connectivity index (χ3n) is 5.88. The van der Waals surface area contributed by atoms with E-state index in [4.69, 9.17) is 0 Å². The predicted octanol–water partition coefficient (Wildman–Crippen LogP) is 5.55. The minimum atomic E-state index is 0.110. The van der Waals surface area contributed by atoms with Crippen LogP contribution < -0.4 is 4.90 Å². The number of benzene rings is 2. The van der Waals surface area contributed by atoms with Crippen molar-refractivity contribution in [2.24, 2.45) is 0 Å². The van der Waals surface area contributed by atoms with Crippen LogP contribution in [0.15, 0.2) is 42.5 Å². The quantitative estimate of drug-likeness (QED) is 0.669. The van der Waals surface area contributed by atoms with Crippen molar-refractivity contribution in [3.63, 3.8) is 0 Å². The summed E-state index contributed by atoms with van der Waals surface area (Å²) in [6.45, 7) is 19.0. The summed E-state index contributed by atoms with van der Waals surface area (Å²) in [4.78, 5) is 17.3. The van der Waals surface area contributed by atoms with Gasteiger partial charge < -0.3 is 9.80 Å². The van der Waals surface area contributed by atoms with Crippen molar-refractivity contribution in [2.75, 3.05) is 31.1 Å². The Hall–Kier alpha value is -2.29. The molecule has 3 rings (SSSR count). The van der Waals surface area contributed by atoms with Gasteiger partial charge in [0.1, 0.15) is 0 Å². The Morgan fingerprint density at radius 2 is 1.24 bits per heavy atom. The number of anilines is 1. The Labute approximate surface area is 176 Å². The SMILES string of the molecule is Cc1ccc(C(=O)N2CCN(c3cc(C(C)(C)C)cc(C(C)(C)C)c3)CC2)cc1. The van der Waals surface area contributed by atoms with Gasteiger partial charge >= 0.3 is 0 Å². The maximum atomic E-state index is 12.8. The summed E-state index contributed by atoms with van der Waals surface area (Å²) in [6.07, 6.45) is 0. The van der Waals surface area contributed by atoms with Crippen LogP contribution in [0.25, 0.3) is 0 Å². The van der Waals surface area contributed by atoms with Gasteiger partial charge in [-0.15, -0.1) is 0 Å². The molecule has 1 amide bonds. The molecule has 0 aliphatic carbocycles. The van der Waals surface area contributed by atoms with E-state index >= 15 is 0 Å². The molecule has 1 fully saturated rings. The van der Waals surface area contributed by atoms with Gasteiger partial charge in [-0.1, -0.05) is 65.3 Å². The Balaban J connectivity index is 1.78. The van der Waals surface area contributed by atoms with E-state index in [1.807, 2.05) is 36.1 Å². The summed E-state index contributed by atoms with van der Waals surface area (Å²) in [6, 6.07) is 14.9. The van der Waals surface area contributed by atoms with Crippen molar-refractivity contribution in [2.45, 2.75) is 59.3 Å². The van der Waals surface area contributed by atoms with E-state index in [2.05, 4.69) is 64.6 Å². The molecular weight excluding hydrogens is 356 g/mol. The first-order valence-corrected chi connectivity index (χ1v) is 10.7. The first-order valence-electron chi connectivity index (χ1n) is 10.7. The molecule has 0 saturated carbocycles. The first kappa shape index (κ1) is 21.4. The Bertz CT molecular complexity index is 829. The van der Waals surface area contributed by atoms with E-state index in [1.54, 1.807) is 0 Å². The van der Waals surface area contributed by atoms with Crippen LogP contribution >= 0.6 is 0 Å². The van der Waals surface area contributed by atoms with Gasteiger partial charge in [-0.25, -0.2) is 0 Å². The number of amides is 1. The number of nitrogens with zero attached hydrogens (tertiary/aromatic N) is 2. The Kier molecular flexibility index (Phi) is 5.80. The highest BCUT2D eigenvalue weighted by Gasteiger charge is 2.25. The van der Waals surface area contributed by atoms with E-state index < -0.39 is 0 Å². The fourth-order valence-electron chi connectivity index (χ4n) is 3.71. The van der Waals surface area contributed by atoms with Crippen LogP contribution in [0.1, 0.15) is 68.6 Å². The van der Waals surface area contributed by atoms with E-state index in [9.17, 15) is 4.79 Å². The van der Waals surface area contributed by atoms with Crippen LogP contribution in [0.4, 0.5) is 5.69 Å². The van der Waals surface area contributed by atoms with Gasteiger partial charge in [-0.2, -0.15) is 0 Å². The third-order valence-corrected chi connectivity index (χ3v) is 5.88. The second kappa shape index (κ2) is 7.85. The number of carbonyl (C=O) groups excluding carboxylic acids is 1. The molecule has 0 N–H and O–H groups in total. The van der Waals surface area contributed by atoms with Crippen molar-refractivity contribution in [3.05, 3.63) is 64.7 Å². The molecule has 0 aromatic heterocycles. The third kappa shape index (κ3) is 5.01. The lowest BCUT2D eigenvalue weighted by Gasteiger charge is -2.37. The lowest BCUT2D eigenvalue weighted by atomic mass is 9.80. The molecular formula is C26H36N2O. The van der Waals surface area contributed by atoms with Crippen molar-refractivity contribution in [1.29, 1.82) is 0 Å². The predicted molar refractivity (Wildman–Crippen MR) is 123 cm³/mol. The van der Waals surface area contributed by atoms with E-state index in [0.717, 1.165) is 31.7 Å². The minimum absolute atomic E-state index is 0.110. The second-order valence-electron chi connectivity index (χ2n) is 10.4. The van der Waals surface area contributed by atoms with Gasteiger partial charge in [0.2, 0.25) is 0 Å². The highest BCUT2D eigenvalue weighted by Crippen LogP contribution is 2.33. The van der Waals surface area contributed by atoms with Gasteiger partial charge in [-0.3, -0.25) is 4.79 Å². The summed E-state index contributed by atoms with van der Waals surface area (Å²) >= 11 is 0. The smallest absolute Gasteiger partial charge is 0.253 e. The molecule has 1 heterocycles. The Morgan fingerprint density at radius 3 is 1.69 bits per heavy atom. The zero-order valence-corrected chi connectivity index (χ0v) is 19.2. The number of hydrogen-bond acceptors (Lipinski definition) is 2. The fraction of sp³-hybridized carbons (Fsp3) is 0.500. The molecule has 3 nitrogen and oxygen atoms in total. The molecule has 0 spiro atoms. The summed E-state index contributed by atoms with van der Waals surface area (Å²) in [7, 11) is 0. The van der Waals surface area contributed by atoms with Crippen molar-refractivity contribution in [1.82, 2.24) is 4.90 Å². The highest BCUT2D eigenvalue weighted by molar-refractivity contribution is 5.94. The summed E-state index contributed by atoms with van der Waals surface area (Å²) in [5, 5.41) is 0. The number of hydrogen-bond donors (Lipinski definition) is 0. The normalized spacial score (nSPS) is 15.6. The second-order valence-corrected chi connectivity index (χ2v) is 10.4. The van der Waals surface area contributed by atoms with Crippen LogP contribution in [0.3, 0.4) is 0 Å².